The Morgan fingerprint density at radius 2 is 2.13 bits per heavy atom. The molecule has 15 heavy (non-hydrogen) atoms. The Bertz CT molecular complexity index is 469. The predicted octanol–water partition coefficient (Wildman–Crippen LogP) is 1.03. The highest BCUT2D eigenvalue weighted by atomic mass is 19.3. The molecule has 1 rings (SSSR count). The first-order valence-electron chi connectivity index (χ1n) is 3.62. The van der Waals surface area contributed by atoms with Crippen molar-refractivity contribution >= 4 is 12.0 Å². The molecule has 6 nitrogen and oxygen atoms in total. The van der Waals surface area contributed by atoms with Gasteiger partial charge in [0.15, 0.2) is 6.29 Å². The number of H-pyrrole nitrogens is 1. The first-order valence-corrected chi connectivity index (χ1v) is 3.62. The molecule has 0 saturated carbocycles. The highest BCUT2D eigenvalue weighted by molar-refractivity contribution is 5.76. The monoisotopic (exact) mass is 218 g/mol. The van der Waals surface area contributed by atoms with Gasteiger partial charge in [-0.2, -0.15) is 0 Å². The zero-order chi connectivity index (χ0) is 11.6. The van der Waals surface area contributed by atoms with Gasteiger partial charge in [-0.3, -0.25) is 19.7 Å². The van der Waals surface area contributed by atoms with Crippen LogP contribution in [0.3, 0.4) is 0 Å². The van der Waals surface area contributed by atoms with Crippen LogP contribution in [-0.2, 0) is 0 Å². The zero-order valence-electron chi connectivity index (χ0n) is 7.07. The Hall–Kier alpha value is -2.12. The van der Waals surface area contributed by atoms with Crippen LogP contribution in [-0.4, -0.2) is 16.2 Å². The van der Waals surface area contributed by atoms with Crippen molar-refractivity contribution in [3.05, 3.63) is 37.8 Å². The summed E-state index contributed by atoms with van der Waals surface area (Å²) in [6.45, 7) is 0. The highest BCUT2D eigenvalue weighted by Crippen LogP contribution is 2.28. The molecule has 0 bridgehead atoms. The zero-order valence-corrected chi connectivity index (χ0v) is 7.07. The van der Waals surface area contributed by atoms with Gasteiger partial charge < -0.3 is 4.98 Å². The Morgan fingerprint density at radius 1 is 1.53 bits per heavy atom. The second-order valence-corrected chi connectivity index (χ2v) is 2.52. The second kappa shape index (κ2) is 3.95. The van der Waals surface area contributed by atoms with Gasteiger partial charge in [0.05, 0.1) is 16.7 Å². The fraction of sp³-hybridized carbons (Fsp3) is 0.143. The Balaban J connectivity index is 3.61. The summed E-state index contributed by atoms with van der Waals surface area (Å²) in [6.07, 6.45) is -3.27. The number of hydrogen-bond donors (Lipinski definition) is 1. The van der Waals surface area contributed by atoms with E-state index in [2.05, 4.69) is 0 Å². The molecule has 0 radical (unpaired) electrons. The SMILES string of the molecule is O=Cc1[nH]c(=O)cc([N+](=O)[O-])c1C(F)F. The molecule has 1 heterocycles. The number of aromatic nitrogens is 1. The van der Waals surface area contributed by atoms with E-state index in [4.69, 9.17) is 0 Å². The van der Waals surface area contributed by atoms with Crippen molar-refractivity contribution in [1.29, 1.82) is 0 Å². The molecule has 0 aliphatic rings. The second-order valence-electron chi connectivity index (χ2n) is 2.52. The summed E-state index contributed by atoms with van der Waals surface area (Å²) in [5.41, 5.74) is -3.89. The predicted molar refractivity (Wildman–Crippen MR) is 44.1 cm³/mol. The number of nitro groups is 1. The topological polar surface area (TPSA) is 93.1 Å². The molecule has 0 aliphatic carbocycles. The average Bonchev–Trinajstić information content (AvgIpc) is 2.15. The smallest absolute Gasteiger partial charge is 0.286 e. The third kappa shape index (κ3) is 2.03. The standard InChI is InChI=1S/C7H4F2N2O4/c8-7(9)6-3(2-12)10-5(13)1-4(6)11(14)15/h1-2,7H,(H,10,13). The van der Waals surface area contributed by atoms with Gasteiger partial charge in [0.25, 0.3) is 17.7 Å². The van der Waals surface area contributed by atoms with E-state index in [1.54, 1.807) is 4.98 Å². The maximum absolute atomic E-state index is 12.4. The fourth-order valence-electron chi connectivity index (χ4n) is 1.05. The molecule has 0 atom stereocenters. The molecule has 0 amide bonds. The molecule has 80 valence electrons. The van der Waals surface area contributed by atoms with E-state index in [1.807, 2.05) is 0 Å². The van der Waals surface area contributed by atoms with E-state index >= 15 is 0 Å². The van der Waals surface area contributed by atoms with Crippen molar-refractivity contribution in [2.24, 2.45) is 0 Å². The van der Waals surface area contributed by atoms with Gasteiger partial charge in [-0.25, -0.2) is 8.78 Å². The van der Waals surface area contributed by atoms with E-state index in [0.29, 0.717) is 6.07 Å². The lowest BCUT2D eigenvalue weighted by Crippen LogP contribution is -2.13. The molecule has 0 spiro atoms. The third-order valence-electron chi connectivity index (χ3n) is 1.62. The summed E-state index contributed by atoms with van der Waals surface area (Å²) in [6, 6.07) is 0.411. The van der Waals surface area contributed by atoms with Crippen LogP contribution in [0.1, 0.15) is 22.5 Å². The fourth-order valence-corrected chi connectivity index (χ4v) is 1.05. The molecule has 0 unspecified atom stereocenters. The van der Waals surface area contributed by atoms with Gasteiger partial charge >= 0.3 is 0 Å². The first kappa shape index (κ1) is 11.0. The number of nitrogens with zero attached hydrogens (tertiary/aromatic N) is 1. The maximum atomic E-state index is 12.4. The van der Waals surface area contributed by atoms with Crippen LogP contribution >= 0.6 is 0 Å². The van der Waals surface area contributed by atoms with Crippen LogP contribution in [0.15, 0.2) is 10.9 Å². The van der Waals surface area contributed by atoms with Crippen LogP contribution < -0.4 is 5.56 Å². The number of alkyl halides is 2. The number of aldehydes is 1. The van der Waals surface area contributed by atoms with Crippen molar-refractivity contribution in [3.63, 3.8) is 0 Å². The summed E-state index contributed by atoms with van der Waals surface area (Å²) in [4.78, 5) is 32.1. The normalized spacial score (nSPS) is 10.3. The third-order valence-corrected chi connectivity index (χ3v) is 1.62. The minimum Gasteiger partial charge on any atom is -0.319 e. The molecule has 8 heteroatoms. The largest absolute Gasteiger partial charge is 0.319 e. The van der Waals surface area contributed by atoms with Gasteiger partial charge in [0.2, 0.25) is 0 Å². The Kier molecular flexibility index (Phi) is 2.88. The van der Waals surface area contributed by atoms with Crippen LogP contribution in [0.5, 0.6) is 0 Å². The molecular weight excluding hydrogens is 214 g/mol. The van der Waals surface area contributed by atoms with Gasteiger partial charge in [-0.15, -0.1) is 0 Å². The van der Waals surface area contributed by atoms with Crippen LogP contribution in [0.25, 0.3) is 0 Å². The molecule has 0 fully saturated rings. The maximum Gasteiger partial charge on any atom is 0.286 e. The molecule has 1 aromatic rings. The number of halogens is 2. The molecule has 0 aromatic carbocycles. The summed E-state index contributed by atoms with van der Waals surface area (Å²) < 4.78 is 24.8. The quantitative estimate of drug-likeness (QED) is 0.465. The van der Waals surface area contributed by atoms with Crippen molar-refractivity contribution in [2.75, 3.05) is 0 Å². The number of aromatic amines is 1. The van der Waals surface area contributed by atoms with Gasteiger partial charge in [-0.05, 0) is 0 Å². The molecular formula is C7H4F2N2O4. The number of rotatable bonds is 3. The van der Waals surface area contributed by atoms with Crippen molar-refractivity contribution < 1.29 is 18.5 Å². The van der Waals surface area contributed by atoms with Gasteiger partial charge in [-0.1, -0.05) is 0 Å². The molecule has 0 saturated heterocycles. The van der Waals surface area contributed by atoms with E-state index in [0.717, 1.165) is 0 Å². The van der Waals surface area contributed by atoms with E-state index in [-0.39, 0.29) is 6.29 Å². The number of carbonyl (C=O) groups excluding carboxylic acids is 1. The van der Waals surface area contributed by atoms with Crippen molar-refractivity contribution in [3.8, 4) is 0 Å². The Morgan fingerprint density at radius 3 is 2.53 bits per heavy atom. The highest BCUT2D eigenvalue weighted by Gasteiger charge is 2.26. The minimum absolute atomic E-state index is 0.0596. The van der Waals surface area contributed by atoms with Crippen molar-refractivity contribution in [2.45, 2.75) is 6.43 Å². The van der Waals surface area contributed by atoms with Crippen LogP contribution in [0.2, 0.25) is 0 Å². The summed E-state index contributed by atoms with van der Waals surface area (Å²) >= 11 is 0. The van der Waals surface area contributed by atoms with E-state index < -0.39 is 33.9 Å². The van der Waals surface area contributed by atoms with Gasteiger partial charge in [0, 0.05) is 0 Å². The van der Waals surface area contributed by atoms with Crippen LogP contribution in [0.4, 0.5) is 14.5 Å². The number of hydrogen-bond acceptors (Lipinski definition) is 4. The number of carbonyl (C=O) groups is 1. The lowest BCUT2D eigenvalue weighted by molar-refractivity contribution is -0.386. The number of nitrogens with one attached hydrogen (secondary N) is 1. The molecule has 1 N–H and O–H groups in total. The summed E-state index contributed by atoms with van der Waals surface area (Å²) in [5, 5.41) is 10.4. The van der Waals surface area contributed by atoms with E-state index in [1.165, 1.54) is 0 Å². The minimum atomic E-state index is -3.21. The summed E-state index contributed by atoms with van der Waals surface area (Å²) in [5.74, 6) is 0. The van der Waals surface area contributed by atoms with E-state index in [9.17, 15) is 28.5 Å². The molecule has 0 aliphatic heterocycles. The lowest BCUT2D eigenvalue weighted by Gasteiger charge is -2.03. The molecule has 1 aromatic heterocycles. The lowest BCUT2D eigenvalue weighted by atomic mass is 10.1. The van der Waals surface area contributed by atoms with Crippen molar-refractivity contribution in [1.82, 2.24) is 4.98 Å². The first-order chi connectivity index (χ1) is 6.97. The van der Waals surface area contributed by atoms with Gasteiger partial charge in [0.1, 0.15) is 5.56 Å². The summed E-state index contributed by atoms with van der Waals surface area (Å²) in [7, 11) is 0. The average molecular weight is 218 g/mol. The van der Waals surface area contributed by atoms with Crippen LogP contribution in [0, 0.1) is 10.1 Å². The Labute approximate surface area is 80.7 Å². The number of pyridine rings is 1.